The van der Waals surface area contributed by atoms with Gasteiger partial charge in [-0.3, -0.25) is 24.3 Å². The Morgan fingerprint density at radius 1 is 1.06 bits per heavy atom. The number of nitrogens with zero attached hydrogens (tertiary/aromatic N) is 4. The molecule has 0 aliphatic carbocycles. The topological polar surface area (TPSA) is 109 Å². The average Bonchev–Trinajstić information content (AvgIpc) is 3.37. The zero-order valence-corrected chi connectivity index (χ0v) is 20.1. The minimum Gasteiger partial charge on any atom is -0.368 e. The second kappa shape index (κ2) is 12.0. The fraction of sp³-hybridized carbons (Fsp3) is 0.320. The van der Waals surface area contributed by atoms with E-state index in [1.165, 1.54) is 16.2 Å². The molecule has 2 heterocycles. The van der Waals surface area contributed by atoms with Crippen LogP contribution in [0.5, 0.6) is 0 Å². The predicted octanol–water partition coefficient (Wildman–Crippen LogP) is 2.70. The van der Waals surface area contributed by atoms with Gasteiger partial charge in [0.1, 0.15) is 11.9 Å². The molecule has 9 heteroatoms. The summed E-state index contributed by atoms with van der Waals surface area (Å²) in [5.41, 5.74) is 8.95. The zero-order chi connectivity index (χ0) is 24.5. The highest BCUT2D eigenvalue weighted by atomic mass is 32.1. The number of carbonyl (C=O) groups is 3. The number of hydrogen-bond acceptors (Lipinski definition) is 6. The molecule has 0 fully saturated rings. The van der Waals surface area contributed by atoms with Crippen LogP contribution in [0.2, 0.25) is 0 Å². The van der Waals surface area contributed by atoms with Crippen molar-refractivity contribution < 1.29 is 14.4 Å². The third-order valence-corrected chi connectivity index (χ3v) is 6.23. The third kappa shape index (κ3) is 6.71. The van der Waals surface area contributed by atoms with E-state index in [-0.39, 0.29) is 18.2 Å². The summed E-state index contributed by atoms with van der Waals surface area (Å²) in [7, 11) is 1.72. The van der Waals surface area contributed by atoms with Crippen molar-refractivity contribution in [1.82, 2.24) is 14.9 Å². The monoisotopic (exact) mass is 479 g/mol. The van der Waals surface area contributed by atoms with Crippen LogP contribution in [0.25, 0.3) is 0 Å². The van der Waals surface area contributed by atoms with Gasteiger partial charge in [0.25, 0.3) is 0 Å². The summed E-state index contributed by atoms with van der Waals surface area (Å²) in [4.78, 5) is 50.3. The van der Waals surface area contributed by atoms with Gasteiger partial charge in [0.2, 0.25) is 17.7 Å². The smallest absolute Gasteiger partial charge is 0.240 e. The summed E-state index contributed by atoms with van der Waals surface area (Å²) in [6.45, 7) is 2.05. The Kier molecular flexibility index (Phi) is 8.86. The Labute approximate surface area is 203 Å². The van der Waals surface area contributed by atoms with E-state index < -0.39 is 17.9 Å². The number of carbonyl (C=O) groups excluding carboxylic acids is 3. The van der Waals surface area contributed by atoms with Gasteiger partial charge in [0.05, 0.1) is 11.4 Å². The van der Waals surface area contributed by atoms with Crippen molar-refractivity contribution in [2.75, 3.05) is 18.5 Å². The van der Waals surface area contributed by atoms with E-state index in [4.69, 9.17) is 5.73 Å². The number of pyridine rings is 1. The molecule has 3 rings (SSSR count). The Balaban J connectivity index is 1.80. The first-order valence-corrected chi connectivity index (χ1v) is 12.0. The minimum absolute atomic E-state index is 0.00142. The number of aromatic nitrogens is 2. The molecule has 178 valence electrons. The molecule has 0 saturated carbocycles. The number of primary amides is 1. The summed E-state index contributed by atoms with van der Waals surface area (Å²) < 4.78 is 0. The molecule has 34 heavy (non-hydrogen) atoms. The number of hydrogen-bond donors (Lipinski definition) is 1. The second-order valence-electron chi connectivity index (χ2n) is 8.11. The lowest BCUT2D eigenvalue weighted by Gasteiger charge is -2.30. The Bertz CT molecular complexity index is 1080. The van der Waals surface area contributed by atoms with Gasteiger partial charge in [0.15, 0.2) is 0 Å². The lowest BCUT2D eigenvalue weighted by molar-refractivity contribution is -0.135. The van der Waals surface area contributed by atoms with E-state index in [1.54, 1.807) is 36.0 Å². The average molecular weight is 480 g/mol. The summed E-state index contributed by atoms with van der Waals surface area (Å²) in [6, 6.07) is 14.3. The molecule has 0 saturated heterocycles. The van der Waals surface area contributed by atoms with E-state index >= 15 is 0 Å². The van der Waals surface area contributed by atoms with Crippen molar-refractivity contribution in [1.29, 1.82) is 0 Å². The molecule has 3 aromatic rings. The van der Waals surface area contributed by atoms with Crippen molar-refractivity contribution >= 4 is 34.9 Å². The van der Waals surface area contributed by atoms with Gasteiger partial charge in [0, 0.05) is 43.7 Å². The first-order chi connectivity index (χ1) is 16.4. The van der Waals surface area contributed by atoms with Crippen LogP contribution >= 0.6 is 11.3 Å². The van der Waals surface area contributed by atoms with Crippen molar-refractivity contribution in [3.63, 3.8) is 0 Å². The highest BCUT2D eigenvalue weighted by molar-refractivity contribution is 7.07. The van der Waals surface area contributed by atoms with Crippen LogP contribution in [0.15, 0.2) is 65.6 Å². The van der Waals surface area contributed by atoms with Crippen molar-refractivity contribution in [2.24, 2.45) is 11.7 Å². The van der Waals surface area contributed by atoms with Crippen LogP contribution in [0.4, 0.5) is 5.82 Å². The molecule has 1 aromatic carbocycles. The highest BCUT2D eigenvalue weighted by Crippen LogP contribution is 2.24. The third-order valence-electron chi connectivity index (χ3n) is 5.65. The standard InChI is InChI=1S/C25H29N5O3S/c1-18(24(26)32)30(22-16-34-17-28-22)25(33)20(14-19-8-4-3-5-9-19)15-23(31)29(2)13-11-21-10-6-7-12-27-21/h3-10,12,16-18,20H,11,13-15H2,1-2H3,(H2,26,32)/t18-,20?/m1/s1. The maximum atomic E-state index is 13.7. The van der Waals surface area contributed by atoms with Crippen LogP contribution in [-0.2, 0) is 27.2 Å². The number of thiazole rings is 1. The number of rotatable bonds is 11. The first kappa shape index (κ1) is 25.0. The van der Waals surface area contributed by atoms with Crippen LogP contribution < -0.4 is 10.6 Å². The van der Waals surface area contributed by atoms with Gasteiger partial charge in [-0.05, 0) is 31.0 Å². The minimum atomic E-state index is -0.898. The fourth-order valence-electron chi connectivity index (χ4n) is 3.62. The normalized spacial score (nSPS) is 12.5. The molecule has 8 nitrogen and oxygen atoms in total. The van der Waals surface area contributed by atoms with Crippen molar-refractivity contribution in [3.8, 4) is 0 Å². The fourth-order valence-corrected chi connectivity index (χ4v) is 4.14. The molecule has 0 aliphatic rings. The first-order valence-electron chi connectivity index (χ1n) is 11.0. The van der Waals surface area contributed by atoms with Gasteiger partial charge in [-0.25, -0.2) is 4.98 Å². The molecule has 1 unspecified atom stereocenters. The van der Waals surface area contributed by atoms with Gasteiger partial charge in [-0.1, -0.05) is 36.4 Å². The van der Waals surface area contributed by atoms with Crippen LogP contribution in [0.1, 0.15) is 24.6 Å². The summed E-state index contributed by atoms with van der Waals surface area (Å²) >= 11 is 1.32. The largest absolute Gasteiger partial charge is 0.368 e. The molecule has 0 spiro atoms. The molecule has 0 bridgehead atoms. The molecule has 2 aromatic heterocycles. The van der Waals surface area contributed by atoms with Gasteiger partial charge in [-0.15, -0.1) is 11.3 Å². The highest BCUT2D eigenvalue weighted by Gasteiger charge is 2.34. The molecule has 0 aliphatic heterocycles. The number of likely N-dealkylation sites (N-methyl/N-ethyl adjacent to an activating group) is 1. The lowest BCUT2D eigenvalue weighted by Crippen LogP contribution is -2.50. The quantitative estimate of drug-likeness (QED) is 0.455. The van der Waals surface area contributed by atoms with E-state index in [1.807, 2.05) is 48.5 Å². The van der Waals surface area contributed by atoms with E-state index in [0.29, 0.717) is 25.2 Å². The number of nitrogens with two attached hydrogens (primary N) is 1. The number of anilines is 1. The lowest BCUT2D eigenvalue weighted by atomic mass is 9.93. The van der Waals surface area contributed by atoms with Crippen molar-refractivity contribution in [2.45, 2.75) is 32.2 Å². The molecule has 0 radical (unpaired) electrons. The van der Waals surface area contributed by atoms with Crippen LogP contribution in [0, 0.1) is 5.92 Å². The Morgan fingerprint density at radius 2 is 1.79 bits per heavy atom. The molecular formula is C25H29N5O3S. The number of amides is 3. The second-order valence-corrected chi connectivity index (χ2v) is 8.83. The maximum Gasteiger partial charge on any atom is 0.240 e. The SMILES string of the molecule is C[C@H](C(N)=O)N(C(=O)C(CC(=O)N(C)CCc1ccccn1)Cc1ccccc1)c1cscn1. The zero-order valence-electron chi connectivity index (χ0n) is 19.3. The van der Waals surface area contributed by atoms with Crippen LogP contribution in [-0.4, -0.2) is 52.2 Å². The Morgan fingerprint density at radius 3 is 2.41 bits per heavy atom. The maximum absolute atomic E-state index is 13.7. The Hall–Kier alpha value is -3.59. The summed E-state index contributed by atoms with van der Waals surface area (Å²) in [5.74, 6) is -1.48. The molecule has 3 amide bonds. The van der Waals surface area contributed by atoms with Gasteiger partial charge >= 0.3 is 0 Å². The summed E-state index contributed by atoms with van der Waals surface area (Å²) in [5, 5.41) is 1.69. The molecule has 2 atom stereocenters. The van der Waals surface area contributed by atoms with Crippen LogP contribution in [0.3, 0.4) is 0 Å². The number of benzene rings is 1. The molecule has 2 N–H and O–H groups in total. The molecular weight excluding hydrogens is 450 g/mol. The summed E-state index contributed by atoms with van der Waals surface area (Å²) in [6.07, 6.45) is 2.69. The van der Waals surface area contributed by atoms with Crippen molar-refractivity contribution in [3.05, 3.63) is 76.9 Å². The van der Waals surface area contributed by atoms with E-state index in [0.717, 1.165) is 11.3 Å². The van der Waals surface area contributed by atoms with E-state index in [2.05, 4.69) is 9.97 Å². The van der Waals surface area contributed by atoms with Gasteiger partial charge in [-0.2, -0.15) is 0 Å². The predicted molar refractivity (Wildman–Crippen MR) is 132 cm³/mol. The van der Waals surface area contributed by atoms with E-state index in [9.17, 15) is 14.4 Å². The van der Waals surface area contributed by atoms with Gasteiger partial charge < -0.3 is 10.6 Å².